The van der Waals surface area contributed by atoms with E-state index in [1.165, 1.54) is 0 Å². The third-order valence-electron chi connectivity index (χ3n) is 4.61. The van der Waals surface area contributed by atoms with Crippen LogP contribution in [0, 0.1) is 0 Å². The van der Waals surface area contributed by atoms with E-state index < -0.39 is 0 Å². The minimum absolute atomic E-state index is 0.362. The van der Waals surface area contributed by atoms with Gasteiger partial charge in [0.1, 0.15) is 5.75 Å². The second-order valence-electron chi connectivity index (χ2n) is 6.43. The van der Waals surface area contributed by atoms with Crippen molar-refractivity contribution in [1.82, 2.24) is 10.9 Å². The summed E-state index contributed by atoms with van der Waals surface area (Å²) in [7, 11) is 1.62. The van der Waals surface area contributed by atoms with Crippen molar-refractivity contribution in [1.29, 1.82) is 0 Å². The molecule has 3 aromatic rings. The topological polar surface area (TPSA) is 119 Å². The largest absolute Gasteiger partial charge is 0.497 e. The van der Waals surface area contributed by atoms with E-state index in [-0.39, 0.29) is 11.8 Å². The Labute approximate surface area is 174 Å². The molecule has 152 valence electrons. The summed E-state index contributed by atoms with van der Waals surface area (Å²) in [5.74, 6) is 10.5. The van der Waals surface area contributed by atoms with E-state index in [1.54, 1.807) is 31.4 Å². The third-order valence-corrected chi connectivity index (χ3v) is 4.61. The first-order valence-corrected chi connectivity index (χ1v) is 9.14. The number of hydrogen-bond donors (Lipinski definition) is 4. The van der Waals surface area contributed by atoms with Gasteiger partial charge in [0.2, 0.25) is 0 Å². The van der Waals surface area contributed by atoms with Crippen LogP contribution >= 0.6 is 0 Å². The molecule has 0 aliphatic heterocycles. The highest BCUT2D eigenvalue weighted by molar-refractivity contribution is 5.97. The van der Waals surface area contributed by atoms with Crippen molar-refractivity contribution in [3.8, 4) is 5.75 Å². The number of rotatable bonds is 6. The van der Waals surface area contributed by atoms with E-state index in [0.717, 1.165) is 28.0 Å². The number of nitrogen functional groups attached to an aromatic ring is 2. The molecule has 0 heterocycles. The third kappa shape index (κ3) is 4.72. The van der Waals surface area contributed by atoms with Gasteiger partial charge in [-0.05, 0) is 64.7 Å². The Bertz CT molecular complexity index is 996. The zero-order chi connectivity index (χ0) is 21.5. The van der Waals surface area contributed by atoms with Crippen LogP contribution in [0.1, 0.15) is 37.4 Å². The minimum atomic E-state index is -0.362. The van der Waals surface area contributed by atoms with Crippen LogP contribution < -0.4 is 27.3 Å². The normalized spacial score (nSPS) is 10.1. The van der Waals surface area contributed by atoms with Crippen molar-refractivity contribution in [2.75, 3.05) is 7.11 Å². The van der Waals surface area contributed by atoms with Crippen molar-refractivity contribution < 1.29 is 14.3 Å². The van der Waals surface area contributed by atoms with Gasteiger partial charge >= 0.3 is 0 Å². The molecule has 0 atom stereocenters. The number of amides is 2. The molecule has 0 aliphatic rings. The summed E-state index contributed by atoms with van der Waals surface area (Å²) in [5, 5.41) is 0. The molecule has 0 spiro atoms. The van der Waals surface area contributed by atoms with Gasteiger partial charge in [-0.3, -0.25) is 20.4 Å². The maximum atomic E-state index is 11.7. The number of nitrogens with one attached hydrogen (secondary N) is 2. The van der Waals surface area contributed by atoms with E-state index in [1.807, 2.05) is 54.6 Å². The fourth-order valence-corrected chi connectivity index (χ4v) is 2.97. The number of hydrazine groups is 2. The molecule has 7 nitrogen and oxygen atoms in total. The number of carbonyl (C=O) groups excluding carboxylic acids is 2. The molecule has 3 aromatic carbocycles. The number of hydrogen-bond acceptors (Lipinski definition) is 5. The first kappa shape index (κ1) is 20.8. The molecule has 0 saturated heterocycles. The highest BCUT2D eigenvalue weighted by Crippen LogP contribution is 2.27. The van der Waals surface area contributed by atoms with Gasteiger partial charge in [-0.15, -0.1) is 0 Å². The Morgan fingerprint density at radius 1 is 0.700 bits per heavy atom. The lowest BCUT2D eigenvalue weighted by Crippen LogP contribution is -2.29. The van der Waals surface area contributed by atoms with Gasteiger partial charge in [0.05, 0.1) is 7.11 Å². The number of nitrogens with two attached hydrogens (primary N) is 2. The van der Waals surface area contributed by atoms with Crippen LogP contribution in [0.3, 0.4) is 0 Å². The van der Waals surface area contributed by atoms with Gasteiger partial charge in [0.15, 0.2) is 0 Å². The molecule has 7 heteroatoms. The predicted molar refractivity (Wildman–Crippen MR) is 116 cm³/mol. The molecule has 30 heavy (non-hydrogen) atoms. The molecule has 0 bridgehead atoms. The summed E-state index contributed by atoms with van der Waals surface area (Å²) in [4.78, 5) is 23.5. The lowest BCUT2D eigenvalue weighted by Gasteiger charge is -2.11. The minimum Gasteiger partial charge on any atom is -0.497 e. The summed E-state index contributed by atoms with van der Waals surface area (Å²) in [6.07, 6.45) is 2.02. The lowest BCUT2D eigenvalue weighted by molar-refractivity contribution is 0.0945. The molecule has 0 radical (unpaired) electrons. The quantitative estimate of drug-likeness (QED) is 0.219. The molecule has 0 fully saturated rings. The molecule has 3 rings (SSSR count). The molecular formula is C23H22N4O3. The molecule has 0 saturated carbocycles. The Morgan fingerprint density at radius 2 is 1.10 bits per heavy atom. The lowest BCUT2D eigenvalue weighted by atomic mass is 9.94. The van der Waals surface area contributed by atoms with E-state index in [2.05, 4.69) is 10.9 Å². The molecular weight excluding hydrogens is 380 g/mol. The fraction of sp³-hybridized carbons (Fsp3) is 0.0435. The van der Waals surface area contributed by atoms with Crippen LogP contribution in [0.4, 0.5) is 0 Å². The van der Waals surface area contributed by atoms with E-state index in [9.17, 15) is 9.59 Å². The second kappa shape index (κ2) is 9.51. The van der Waals surface area contributed by atoms with Crippen molar-refractivity contribution >= 4 is 23.5 Å². The van der Waals surface area contributed by atoms with Crippen molar-refractivity contribution in [2.24, 2.45) is 11.7 Å². The first-order valence-electron chi connectivity index (χ1n) is 9.14. The van der Waals surface area contributed by atoms with Crippen LogP contribution in [0.25, 0.3) is 11.6 Å². The van der Waals surface area contributed by atoms with Crippen LogP contribution in [-0.4, -0.2) is 18.9 Å². The summed E-state index contributed by atoms with van der Waals surface area (Å²) in [6, 6.07) is 21.9. The van der Waals surface area contributed by atoms with Crippen LogP contribution in [0.5, 0.6) is 5.75 Å². The number of benzene rings is 3. The zero-order valence-electron chi connectivity index (χ0n) is 16.4. The molecule has 2 amide bonds. The smallest absolute Gasteiger partial charge is 0.265 e. The average Bonchev–Trinajstić information content (AvgIpc) is 2.82. The summed E-state index contributed by atoms with van der Waals surface area (Å²) in [6.45, 7) is 0. The van der Waals surface area contributed by atoms with E-state index >= 15 is 0 Å². The highest BCUT2D eigenvalue weighted by Gasteiger charge is 2.10. The predicted octanol–water partition coefficient (Wildman–Crippen LogP) is 2.49. The fourth-order valence-electron chi connectivity index (χ4n) is 2.97. The van der Waals surface area contributed by atoms with Gasteiger partial charge in [-0.2, -0.15) is 0 Å². The standard InChI is InChI=1S/C23H22N4O3/c1-30-20-12-2-15(3-13-20)14-21(16-4-8-18(9-5-16)22(28)26-24)17-6-10-19(11-7-17)23(29)27-25/h2-14H,24-25H2,1H3,(H,26,28)(H,27,29). The van der Waals surface area contributed by atoms with Crippen molar-refractivity contribution in [3.63, 3.8) is 0 Å². The van der Waals surface area contributed by atoms with Gasteiger partial charge in [0.25, 0.3) is 11.8 Å². The number of ether oxygens (including phenoxy) is 1. The Morgan fingerprint density at radius 3 is 1.47 bits per heavy atom. The van der Waals surface area contributed by atoms with E-state index in [0.29, 0.717) is 11.1 Å². The molecule has 0 aliphatic carbocycles. The highest BCUT2D eigenvalue weighted by atomic mass is 16.5. The van der Waals surface area contributed by atoms with Crippen LogP contribution in [0.2, 0.25) is 0 Å². The van der Waals surface area contributed by atoms with Crippen LogP contribution in [0.15, 0.2) is 72.8 Å². The molecule has 0 unspecified atom stereocenters. The summed E-state index contributed by atoms with van der Waals surface area (Å²) in [5.41, 5.74) is 8.84. The van der Waals surface area contributed by atoms with Gasteiger partial charge in [-0.1, -0.05) is 36.4 Å². The maximum absolute atomic E-state index is 11.7. The maximum Gasteiger partial charge on any atom is 0.265 e. The molecule has 0 aromatic heterocycles. The van der Waals surface area contributed by atoms with Crippen molar-refractivity contribution in [3.05, 3.63) is 101 Å². The Balaban J connectivity index is 2.05. The Kier molecular flexibility index (Phi) is 6.59. The van der Waals surface area contributed by atoms with Crippen LogP contribution in [-0.2, 0) is 0 Å². The molecule has 6 N–H and O–H groups in total. The van der Waals surface area contributed by atoms with Gasteiger partial charge in [0, 0.05) is 11.1 Å². The summed E-state index contributed by atoms with van der Waals surface area (Å²) < 4.78 is 5.22. The second-order valence-corrected chi connectivity index (χ2v) is 6.43. The number of methoxy groups -OCH3 is 1. The zero-order valence-corrected chi connectivity index (χ0v) is 16.4. The summed E-state index contributed by atoms with van der Waals surface area (Å²) >= 11 is 0. The van der Waals surface area contributed by atoms with Gasteiger partial charge in [-0.25, -0.2) is 11.7 Å². The monoisotopic (exact) mass is 402 g/mol. The number of carbonyl (C=O) groups is 2. The van der Waals surface area contributed by atoms with E-state index in [4.69, 9.17) is 16.4 Å². The first-order chi connectivity index (χ1) is 14.5. The Hall–Kier alpha value is -3.94. The average molecular weight is 402 g/mol. The SMILES string of the molecule is COc1ccc(C=C(c2ccc(C(=O)NN)cc2)c2ccc(C(=O)NN)cc2)cc1. The van der Waals surface area contributed by atoms with Gasteiger partial charge < -0.3 is 4.74 Å². The van der Waals surface area contributed by atoms with Crippen molar-refractivity contribution in [2.45, 2.75) is 0 Å².